The standard InChI is InChI=1S/C14H15BrF3N5S/c1-3-24-9-4-7(15)6-21-11(9)13-22-8(12(20)23(13)2)5-10(19)14(16,17)18/h4-6H,3,19-20H2,1-2H3/b10-5-. The van der Waals surface area contributed by atoms with Crippen LogP contribution >= 0.6 is 27.7 Å². The van der Waals surface area contributed by atoms with Crippen LogP contribution in [0.4, 0.5) is 19.0 Å². The van der Waals surface area contributed by atoms with Crippen molar-refractivity contribution in [2.24, 2.45) is 12.8 Å². The van der Waals surface area contributed by atoms with Crippen molar-refractivity contribution in [3.8, 4) is 11.5 Å². The third-order valence-electron chi connectivity index (χ3n) is 3.12. The van der Waals surface area contributed by atoms with Gasteiger partial charge in [0.15, 0.2) is 5.82 Å². The number of nitrogens with zero attached hydrogens (tertiary/aromatic N) is 3. The number of rotatable bonds is 4. The summed E-state index contributed by atoms with van der Waals surface area (Å²) >= 11 is 4.90. The van der Waals surface area contributed by atoms with Crippen LogP contribution in [-0.2, 0) is 7.05 Å². The minimum absolute atomic E-state index is 0.0421. The topological polar surface area (TPSA) is 82.8 Å². The molecule has 2 aromatic heterocycles. The van der Waals surface area contributed by atoms with Gasteiger partial charge in [0, 0.05) is 22.6 Å². The Bertz CT molecular complexity index is 785. The lowest BCUT2D eigenvalue weighted by atomic mass is 10.3. The van der Waals surface area contributed by atoms with Crippen molar-refractivity contribution >= 4 is 39.6 Å². The van der Waals surface area contributed by atoms with Crippen LogP contribution in [0.2, 0.25) is 0 Å². The molecule has 0 aliphatic carbocycles. The number of hydrogen-bond donors (Lipinski definition) is 2. The number of nitrogen functional groups attached to an aromatic ring is 1. The van der Waals surface area contributed by atoms with Gasteiger partial charge in [-0.05, 0) is 33.8 Å². The molecular weight excluding hydrogens is 407 g/mol. The Morgan fingerprint density at radius 2 is 2.12 bits per heavy atom. The van der Waals surface area contributed by atoms with Crippen LogP contribution in [0, 0.1) is 0 Å². The van der Waals surface area contributed by atoms with Crippen molar-refractivity contribution in [1.29, 1.82) is 0 Å². The first-order chi connectivity index (χ1) is 11.1. The largest absolute Gasteiger partial charge is 0.430 e. The lowest BCUT2D eigenvalue weighted by molar-refractivity contribution is -0.0916. The summed E-state index contributed by atoms with van der Waals surface area (Å²) in [7, 11) is 1.61. The number of halogens is 4. The molecule has 0 aliphatic heterocycles. The number of hydrogen-bond acceptors (Lipinski definition) is 5. The van der Waals surface area contributed by atoms with Gasteiger partial charge < -0.3 is 16.0 Å². The van der Waals surface area contributed by atoms with Crippen LogP contribution in [0.1, 0.15) is 12.6 Å². The second-order valence-corrected chi connectivity index (χ2v) is 7.02. The molecule has 5 nitrogen and oxygen atoms in total. The molecule has 0 spiro atoms. The van der Waals surface area contributed by atoms with E-state index in [4.69, 9.17) is 11.5 Å². The second-order valence-electron chi connectivity index (χ2n) is 4.80. The molecule has 24 heavy (non-hydrogen) atoms. The van der Waals surface area contributed by atoms with Crippen molar-refractivity contribution in [1.82, 2.24) is 14.5 Å². The van der Waals surface area contributed by atoms with E-state index in [0.29, 0.717) is 11.5 Å². The monoisotopic (exact) mass is 421 g/mol. The SMILES string of the molecule is CCSc1cc(Br)cnc1-c1nc(/C=C(\N)C(F)(F)F)c(N)n1C. The Morgan fingerprint density at radius 3 is 2.71 bits per heavy atom. The fraction of sp³-hybridized carbons (Fsp3) is 0.286. The van der Waals surface area contributed by atoms with Crippen LogP contribution in [0.15, 0.2) is 27.3 Å². The predicted octanol–water partition coefficient (Wildman–Crippen LogP) is 3.80. The van der Waals surface area contributed by atoms with Gasteiger partial charge in [-0.1, -0.05) is 6.92 Å². The van der Waals surface area contributed by atoms with Crippen molar-refractivity contribution < 1.29 is 13.2 Å². The van der Waals surface area contributed by atoms with Crippen LogP contribution in [0.25, 0.3) is 17.6 Å². The summed E-state index contributed by atoms with van der Waals surface area (Å²) in [5.41, 5.74) is 10.2. The molecule has 4 N–H and O–H groups in total. The van der Waals surface area contributed by atoms with Gasteiger partial charge in [0.1, 0.15) is 22.9 Å². The maximum absolute atomic E-state index is 12.6. The van der Waals surface area contributed by atoms with E-state index in [0.717, 1.165) is 21.2 Å². The van der Waals surface area contributed by atoms with Crippen molar-refractivity contribution in [3.63, 3.8) is 0 Å². The summed E-state index contributed by atoms with van der Waals surface area (Å²) in [4.78, 5) is 9.37. The molecule has 0 amide bonds. The van der Waals surface area contributed by atoms with Gasteiger partial charge in [-0.25, -0.2) is 4.98 Å². The highest BCUT2D eigenvalue weighted by Gasteiger charge is 2.32. The summed E-state index contributed by atoms with van der Waals surface area (Å²) in [6.45, 7) is 1.99. The Balaban J connectivity index is 2.57. The fourth-order valence-corrected chi connectivity index (χ4v) is 3.22. The minimum atomic E-state index is -4.64. The van der Waals surface area contributed by atoms with Gasteiger partial charge in [-0.3, -0.25) is 4.98 Å². The number of imidazole rings is 1. The molecule has 2 rings (SSSR count). The molecular formula is C14H15BrF3N5S. The molecule has 0 aromatic carbocycles. The molecule has 2 heterocycles. The fourth-order valence-electron chi connectivity index (χ4n) is 1.93. The van der Waals surface area contributed by atoms with Crippen molar-refractivity contribution in [2.75, 3.05) is 11.5 Å². The van der Waals surface area contributed by atoms with E-state index in [1.54, 1.807) is 25.0 Å². The van der Waals surface area contributed by atoms with E-state index in [9.17, 15) is 13.2 Å². The first-order valence-electron chi connectivity index (χ1n) is 6.80. The summed E-state index contributed by atoms with van der Waals surface area (Å²) in [6.07, 6.45) is -2.31. The quantitative estimate of drug-likeness (QED) is 0.733. The summed E-state index contributed by atoms with van der Waals surface area (Å²) in [6, 6.07) is 1.88. The number of alkyl halides is 3. The van der Waals surface area contributed by atoms with E-state index in [1.807, 2.05) is 13.0 Å². The Labute approximate surface area is 149 Å². The maximum Gasteiger partial charge on any atom is 0.430 e. The first-order valence-corrected chi connectivity index (χ1v) is 8.58. The van der Waals surface area contributed by atoms with Crippen LogP contribution in [0.3, 0.4) is 0 Å². The van der Waals surface area contributed by atoms with Crippen LogP contribution in [0.5, 0.6) is 0 Å². The molecule has 0 fully saturated rings. The summed E-state index contributed by atoms with van der Waals surface area (Å²) in [5.74, 6) is 1.25. The number of aromatic nitrogens is 3. The van der Waals surface area contributed by atoms with Gasteiger partial charge in [-0.2, -0.15) is 13.2 Å². The highest BCUT2D eigenvalue weighted by molar-refractivity contribution is 9.10. The molecule has 0 radical (unpaired) electrons. The Kier molecular flexibility index (Phi) is 5.49. The van der Waals surface area contributed by atoms with E-state index < -0.39 is 11.9 Å². The zero-order chi connectivity index (χ0) is 18.1. The Morgan fingerprint density at radius 1 is 1.46 bits per heavy atom. The molecule has 0 unspecified atom stereocenters. The molecule has 0 saturated carbocycles. The molecule has 0 atom stereocenters. The van der Waals surface area contributed by atoms with E-state index in [2.05, 4.69) is 25.9 Å². The zero-order valence-electron chi connectivity index (χ0n) is 12.9. The lowest BCUT2D eigenvalue weighted by Gasteiger charge is -2.08. The molecule has 2 aromatic rings. The number of pyridine rings is 1. The number of thioether (sulfide) groups is 1. The smallest absolute Gasteiger partial charge is 0.395 e. The third-order valence-corrected chi connectivity index (χ3v) is 4.46. The average molecular weight is 422 g/mol. The molecule has 10 heteroatoms. The predicted molar refractivity (Wildman–Crippen MR) is 93.2 cm³/mol. The van der Waals surface area contributed by atoms with Gasteiger partial charge >= 0.3 is 6.18 Å². The number of allylic oxidation sites excluding steroid dienone is 1. The van der Waals surface area contributed by atoms with Gasteiger partial charge in [-0.15, -0.1) is 11.8 Å². The normalized spacial score (nSPS) is 12.7. The average Bonchev–Trinajstić information content (AvgIpc) is 2.75. The van der Waals surface area contributed by atoms with Crippen LogP contribution < -0.4 is 11.5 Å². The van der Waals surface area contributed by atoms with Crippen molar-refractivity contribution in [3.05, 3.63) is 28.1 Å². The van der Waals surface area contributed by atoms with Crippen LogP contribution in [-0.4, -0.2) is 26.5 Å². The van der Waals surface area contributed by atoms with E-state index in [1.165, 1.54) is 4.57 Å². The molecule has 0 bridgehead atoms. The highest BCUT2D eigenvalue weighted by Crippen LogP contribution is 2.33. The molecule has 0 saturated heterocycles. The second kappa shape index (κ2) is 7.06. The maximum atomic E-state index is 12.6. The number of nitrogens with two attached hydrogens (primary N) is 2. The van der Waals surface area contributed by atoms with Crippen molar-refractivity contribution in [2.45, 2.75) is 18.0 Å². The first kappa shape index (κ1) is 18.7. The number of anilines is 1. The highest BCUT2D eigenvalue weighted by atomic mass is 79.9. The lowest BCUT2D eigenvalue weighted by Crippen LogP contribution is -2.19. The minimum Gasteiger partial charge on any atom is -0.395 e. The molecule has 0 aliphatic rings. The third kappa shape index (κ3) is 3.86. The van der Waals surface area contributed by atoms with Gasteiger partial charge in [0.05, 0.1) is 0 Å². The summed E-state index contributed by atoms with van der Waals surface area (Å²) in [5, 5.41) is 0. The summed E-state index contributed by atoms with van der Waals surface area (Å²) < 4.78 is 40.1. The zero-order valence-corrected chi connectivity index (χ0v) is 15.3. The van der Waals surface area contributed by atoms with Gasteiger partial charge in [0.2, 0.25) is 0 Å². The Hall–Kier alpha value is -1.68. The van der Waals surface area contributed by atoms with E-state index in [-0.39, 0.29) is 11.5 Å². The van der Waals surface area contributed by atoms with E-state index >= 15 is 0 Å². The molecule has 130 valence electrons. The van der Waals surface area contributed by atoms with Gasteiger partial charge in [0.25, 0.3) is 0 Å².